The summed E-state index contributed by atoms with van der Waals surface area (Å²) in [5.74, 6) is -1.39. The Hall–Kier alpha value is -1.49. The number of hydrogen-bond donors (Lipinski definition) is 2. The van der Waals surface area contributed by atoms with Crippen LogP contribution in [0, 0.1) is 11.6 Å². The summed E-state index contributed by atoms with van der Waals surface area (Å²) in [5, 5.41) is 5.51. The highest BCUT2D eigenvalue weighted by Crippen LogP contribution is 2.11. The van der Waals surface area contributed by atoms with Crippen LogP contribution in [-0.4, -0.2) is 18.5 Å². The Morgan fingerprint density at radius 2 is 1.94 bits per heavy atom. The Labute approximate surface area is 106 Å². The number of carbonyl (C=O) groups is 1. The van der Waals surface area contributed by atoms with Gasteiger partial charge in [-0.1, -0.05) is 13.0 Å². The van der Waals surface area contributed by atoms with E-state index in [0.29, 0.717) is 6.54 Å². The van der Waals surface area contributed by atoms with E-state index in [1.807, 2.05) is 6.92 Å². The highest BCUT2D eigenvalue weighted by atomic mass is 19.1. The second-order valence-corrected chi connectivity index (χ2v) is 4.09. The molecule has 1 rings (SSSR count). The molecule has 0 aliphatic rings. The maximum Gasteiger partial charge on any atom is 0.236 e. The molecule has 0 bridgehead atoms. The molecule has 3 nitrogen and oxygen atoms in total. The number of benzene rings is 1. The fourth-order valence-corrected chi connectivity index (χ4v) is 1.45. The highest BCUT2D eigenvalue weighted by molar-refractivity contribution is 5.81. The summed E-state index contributed by atoms with van der Waals surface area (Å²) in [6.45, 7) is 4.19. The van der Waals surface area contributed by atoms with Crippen LogP contribution in [0.25, 0.3) is 0 Å². The monoisotopic (exact) mass is 256 g/mol. The lowest BCUT2D eigenvalue weighted by Crippen LogP contribution is -2.42. The van der Waals surface area contributed by atoms with Crippen LogP contribution in [0.5, 0.6) is 0 Å². The van der Waals surface area contributed by atoms with E-state index in [1.165, 1.54) is 18.2 Å². The van der Waals surface area contributed by atoms with Gasteiger partial charge < -0.3 is 10.6 Å². The Morgan fingerprint density at radius 3 is 2.50 bits per heavy atom. The fourth-order valence-electron chi connectivity index (χ4n) is 1.45. The van der Waals surface area contributed by atoms with Gasteiger partial charge in [0.05, 0.1) is 6.04 Å². The molecule has 1 aromatic carbocycles. The zero-order chi connectivity index (χ0) is 13.5. The molecule has 1 aromatic rings. The zero-order valence-electron chi connectivity index (χ0n) is 10.6. The van der Waals surface area contributed by atoms with Crippen LogP contribution in [0.2, 0.25) is 0 Å². The minimum Gasteiger partial charge on any atom is -0.355 e. The molecule has 0 aliphatic heterocycles. The SMILES string of the molecule is CCCNC(=O)C(C)NCc1c(F)cccc1F. The van der Waals surface area contributed by atoms with Crippen LogP contribution >= 0.6 is 0 Å². The maximum absolute atomic E-state index is 13.3. The molecule has 0 saturated heterocycles. The average molecular weight is 256 g/mol. The summed E-state index contributed by atoms with van der Waals surface area (Å²) in [5.41, 5.74) is -0.0485. The lowest BCUT2D eigenvalue weighted by atomic mass is 10.2. The second-order valence-electron chi connectivity index (χ2n) is 4.09. The van der Waals surface area contributed by atoms with E-state index in [9.17, 15) is 13.6 Å². The molecular formula is C13H18F2N2O. The smallest absolute Gasteiger partial charge is 0.236 e. The largest absolute Gasteiger partial charge is 0.355 e. The first-order chi connectivity index (χ1) is 8.56. The Bertz CT molecular complexity index is 390. The first kappa shape index (κ1) is 14.6. The molecule has 1 atom stereocenters. The lowest BCUT2D eigenvalue weighted by Gasteiger charge is -2.14. The van der Waals surface area contributed by atoms with Crippen molar-refractivity contribution in [3.63, 3.8) is 0 Å². The summed E-state index contributed by atoms with van der Waals surface area (Å²) in [6.07, 6.45) is 0.848. The maximum atomic E-state index is 13.3. The van der Waals surface area contributed by atoms with E-state index in [1.54, 1.807) is 6.92 Å². The summed E-state index contributed by atoms with van der Waals surface area (Å²) in [7, 11) is 0. The minimum absolute atomic E-state index is 0.0147. The Balaban J connectivity index is 2.52. The van der Waals surface area contributed by atoms with E-state index in [0.717, 1.165) is 6.42 Å². The fraction of sp³-hybridized carbons (Fsp3) is 0.462. The molecule has 0 aromatic heterocycles. The first-order valence-corrected chi connectivity index (χ1v) is 6.00. The van der Waals surface area contributed by atoms with E-state index in [2.05, 4.69) is 10.6 Å². The number of carbonyl (C=O) groups excluding carboxylic acids is 1. The Kier molecular flexibility index (Phi) is 5.71. The van der Waals surface area contributed by atoms with Crippen LogP contribution in [-0.2, 0) is 11.3 Å². The van der Waals surface area contributed by atoms with Crippen molar-refractivity contribution in [3.8, 4) is 0 Å². The van der Waals surface area contributed by atoms with E-state index in [-0.39, 0.29) is 18.0 Å². The van der Waals surface area contributed by atoms with Crippen molar-refractivity contribution >= 4 is 5.91 Å². The van der Waals surface area contributed by atoms with Gasteiger partial charge in [0, 0.05) is 18.7 Å². The summed E-state index contributed by atoms with van der Waals surface area (Å²) in [6, 6.07) is 3.21. The molecule has 100 valence electrons. The van der Waals surface area contributed by atoms with Crippen LogP contribution in [0.3, 0.4) is 0 Å². The van der Waals surface area contributed by atoms with Gasteiger partial charge in [0.15, 0.2) is 0 Å². The van der Waals surface area contributed by atoms with Gasteiger partial charge in [0.2, 0.25) is 5.91 Å². The summed E-state index contributed by atoms with van der Waals surface area (Å²) >= 11 is 0. The first-order valence-electron chi connectivity index (χ1n) is 6.00. The standard InChI is InChI=1S/C13H18F2N2O/c1-3-7-16-13(18)9(2)17-8-10-11(14)5-4-6-12(10)15/h4-6,9,17H,3,7-8H2,1-2H3,(H,16,18). The molecule has 1 unspecified atom stereocenters. The van der Waals surface area contributed by atoms with Gasteiger partial charge >= 0.3 is 0 Å². The quantitative estimate of drug-likeness (QED) is 0.817. The molecule has 0 heterocycles. The number of amides is 1. The van der Waals surface area contributed by atoms with E-state index < -0.39 is 17.7 Å². The molecule has 0 saturated carbocycles. The number of nitrogens with one attached hydrogen (secondary N) is 2. The van der Waals surface area contributed by atoms with Gasteiger partial charge in [0.1, 0.15) is 11.6 Å². The predicted molar refractivity (Wildman–Crippen MR) is 66.0 cm³/mol. The molecule has 0 spiro atoms. The molecular weight excluding hydrogens is 238 g/mol. The van der Waals surface area contributed by atoms with Gasteiger partial charge in [-0.25, -0.2) is 8.78 Å². The molecule has 1 amide bonds. The van der Waals surface area contributed by atoms with Crippen molar-refractivity contribution in [1.29, 1.82) is 0 Å². The van der Waals surface area contributed by atoms with Gasteiger partial charge in [-0.3, -0.25) is 4.79 Å². The lowest BCUT2D eigenvalue weighted by molar-refractivity contribution is -0.122. The third kappa shape index (κ3) is 4.07. The summed E-state index contributed by atoms with van der Waals surface area (Å²) < 4.78 is 26.6. The normalized spacial score (nSPS) is 12.2. The predicted octanol–water partition coefficient (Wildman–Crippen LogP) is 1.97. The van der Waals surface area contributed by atoms with Crippen molar-refractivity contribution < 1.29 is 13.6 Å². The second kappa shape index (κ2) is 7.06. The molecule has 5 heteroatoms. The summed E-state index contributed by atoms with van der Waals surface area (Å²) in [4.78, 5) is 11.5. The topological polar surface area (TPSA) is 41.1 Å². The third-order valence-corrected chi connectivity index (χ3v) is 2.59. The van der Waals surface area contributed by atoms with Crippen LogP contribution in [0.4, 0.5) is 8.78 Å². The van der Waals surface area contributed by atoms with Crippen LogP contribution in [0.1, 0.15) is 25.8 Å². The molecule has 2 N–H and O–H groups in total. The number of halogens is 2. The minimum atomic E-state index is -0.608. The van der Waals surface area contributed by atoms with Gasteiger partial charge in [0.25, 0.3) is 0 Å². The number of rotatable bonds is 6. The third-order valence-electron chi connectivity index (χ3n) is 2.59. The van der Waals surface area contributed by atoms with Crippen molar-refractivity contribution in [2.75, 3.05) is 6.54 Å². The molecule has 0 fully saturated rings. The van der Waals surface area contributed by atoms with Crippen LogP contribution in [0.15, 0.2) is 18.2 Å². The highest BCUT2D eigenvalue weighted by Gasteiger charge is 2.14. The van der Waals surface area contributed by atoms with Crippen molar-refractivity contribution in [2.45, 2.75) is 32.9 Å². The molecule has 0 aliphatic carbocycles. The van der Waals surface area contributed by atoms with Gasteiger partial charge in [-0.2, -0.15) is 0 Å². The van der Waals surface area contributed by atoms with E-state index in [4.69, 9.17) is 0 Å². The van der Waals surface area contributed by atoms with Crippen molar-refractivity contribution in [1.82, 2.24) is 10.6 Å². The van der Waals surface area contributed by atoms with Crippen molar-refractivity contribution in [3.05, 3.63) is 35.4 Å². The molecule has 18 heavy (non-hydrogen) atoms. The van der Waals surface area contributed by atoms with Crippen molar-refractivity contribution in [2.24, 2.45) is 0 Å². The van der Waals surface area contributed by atoms with Crippen LogP contribution < -0.4 is 10.6 Å². The van der Waals surface area contributed by atoms with E-state index >= 15 is 0 Å². The molecule has 0 radical (unpaired) electrons. The number of hydrogen-bond acceptors (Lipinski definition) is 2. The Morgan fingerprint density at radius 1 is 1.33 bits per heavy atom. The van der Waals surface area contributed by atoms with Gasteiger partial charge in [-0.05, 0) is 25.5 Å². The zero-order valence-corrected chi connectivity index (χ0v) is 10.6. The van der Waals surface area contributed by atoms with Gasteiger partial charge in [-0.15, -0.1) is 0 Å². The average Bonchev–Trinajstić information content (AvgIpc) is 2.35.